The highest BCUT2D eigenvalue weighted by molar-refractivity contribution is 5.76. The summed E-state index contributed by atoms with van der Waals surface area (Å²) in [6, 6.07) is 7.49. The molecule has 0 atom stereocenters. The quantitative estimate of drug-likeness (QED) is 0.875. The summed E-state index contributed by atoms with van der Waals surface area (Å²) in [4.78, 5) is 4.64. The summed E-state index contributed by atoms with van der Waals surface area (Å²) in [6.45, 7) is 6.33. The molecule has 1 aromatic heterocycles. The first kappa shape index (κ1) is 11.7. The third kappa shape index (κ3) is 2.27. The number of aryl methyl sites for hydroxylation is 2. The molecule has 3 heteroatoms. The average Bonchev–Trinajstić information content (AvgIpc) is 3.11. The Kier molecular flexibility index (Phi) is 3.08. The fraction of sp³-hybridized carbons (Fsp3) is 0.533. The van der Waals surface area contributed by atoms with E-state index in [0.29, 0.717) is 0 Å². The Balaban J connectivity index is 1.77. The van der Waals surface area contributed by atoms with Crippen LogP contribution in [0.1, 0.15) is 31.2 Å². The molecule has 1 aliphatic rings. The Morgan fingerprint density at radius 1 is 1.39 bits per heavy atom. The number of rotatable bonds is 5. The molecular formula is C15H21N3. The number of nitrogens with zero attached hydrogens (tertiary/aromatic N) is 2. The molecule has 3 rings (SSSR count). The molecule has 0 unspecified atom stereocenters. The number of aromatic nitrogens is 2. The minimum atomic E-state index is 0.801. The van der Waals surface area contributed by atoms with Gasteiger partial charge in [-0.05, 0) is 57.4 Å². The first-order valence-electron chi connectivity index (χ1n) is 6.97. The minimum Gasteiger partial charge on any atom is -0.329 e. The van der Waals surface area contributed by atoms with E-state index in [1.165, 1.54) is 23.9 Å². The second-order valence-electron chi connectivity index (χ2n) is 5.20. The van der Waals surface area contributed by atoms with Gasteiger partial charge in [-0.15, -0.1) is 0 Å². The van der Waals surface area contributed by atoms with Crippen molar-refractivity contribution >= 4 is 11.0 Å². The van der Waals surface area contributed by atoms with Gasteiger partial charge in [0.2, 0.25) is 0 Å². The summed E-state index contributed by atoms with van der Waals surface area (Å²) in [5.74, 6) is 1.11. The second-order valence-corrected chi connectivity index (χ2v) is 5.20. The van der Waals surface area contributed by atoms with Crippen molar-refractivity contribution in [2.45, 2.75) is 45.7 Å². The van der Waals surface area contributed by atoms with E-state index >= 15 is 0 Å². The van der Waals surface area contributed by atoms with E-state index in [2.05, 4.69) is 46.9 Å². The molecule has 3 nitrogen and oxygen atoms in total. The Labute approximate surface area is 108 Å². The minimum absolute atomic E-state index is 0.801. The lowest BCUT2D eigenvalue weighted by Crippen LogP contribution is -2.19. The molecule has 0 amide bonds. The van der Waals surface area contributed by atoms with E-state index in [4.69, 9.17) is 0 Å². The summed E-state index contributed by atoms with van der Waals surface area (Å²) in [6.07, 6.45) is 3.82. The van der Waals surface area contributed by atoms with E-state index in [1.807, 2.05) is 0 Å². The molecule has 0 spiro atoms. The largest absolute Gasteiger partial charge is 0.329 e. The second kappa shape index (κ2) is 4.73. The van der Waals surface area contributed by atoms with Gasteiger partial charge in [-0.2, -0.15) is 0 Å². The van der Waals surface area contributed by atoms with Crippen LogP contribution in [0.25, 0.3) is 11.0 Å². The molecule has 1 heterocycles. The highest BCUT2D eigenvalue weighted by Gasteiger charge is 2.19. The Hall–Kier alpha value is -1.35. The first-order valence-corrected chi connectivity index (χ1v) is 6.97. The van der Waals surface area contributed by atoms with Crippen molar-refractivity contribution in [2.75, 3.05) is 6.54 Å². The molecule has 0 aliphatic heterocycles. The number of hydrogen-bond donors (Lipinski definition) is 1. The number of hydrogen-bond acceptors (Lipinski definition) is 2. The van der Waals surface area contributed by atoms with E-state index in [-0.39, 0.29) is 0 Å². The summed E-state index contributed by atoms with van der Waals surface area (Å²) in [5.41, 5.74) is 3.78. The number of nitrogens with one attached hydrogen (secondary N) is 1. The van der Waals surface area contributed by atoms with Crippen molar-refractivity contribution < 1.29 is 0 Å². The van der Waals surface area contributed by atoms with E-state index in [0.717, 1.165) is 36.9 Å². The van der Waals surface area contributed by atoms with Crippen LogP contribution in [0.3, 0.4) is 0 Å². The van der Waals surface area contributed by atoms with E-state index in [9.17, 15) is 0 Å². The van der Waals surface area contributed by atoms with Gasteiger partial charge >= 0.3 is 0 Å². The van der Waals surface area contributed by atoms with Gasteiger partial charge in [0.1, 0.15) is 5.82 Å². The predicted octanol–water partition coefficient (Wildman–Crippen LogP) is 2.66. The molecule has 0 bridgehead atoms. The highest BCUT2D eigenvalue weighted by Crippen LogP contribution is 2.20. The first-order chi connectivity index (χ1) is 8.78. The molecule has 0 saturated heterocycles. The molecular weight excluding hydrogens is 222 g/mol. The van der Waals surface area contributed by atoms with Gasteiger partial charge in [-0.25, -0.2) is 4.98 Å². The molecule has 2 aromatic rings. The maximum Gasteiger partial charge on any atom is 0.106 e. The van der Waals surface area contributed by atoms with Crippen molar-refractivity contribution in [3.8, 4) is 0 Å². The Morgan fingerprint density at radius 3 is 2.94 bits per heavy atom. The lowest BCUT2D eigenvalue weighted by atomic mass is 10.1. The fourth-order valence-corrected chi connectivity index (χ4v) is 2.56. The van der Waals surface area contributed by atoms with Crippen LogP contribution in [0.15, 0.2) is 18.2 Å². The Bertz CT molecular complexity index is 552. The van der Waals surface area contributed by atoms with Crippen LogP contribution in [-0.4, -0.2) is 22.1 Å². The number of imidazole rings is 1. The van der Waals surface area contributed by atoms with Crippen molar-refractivity contribution in [1.29, 1.82) is 0 Å². The summed E-state index contributed by atoms with van der Waals surface area (Å²) in [5, 5.41) is 3.56. The highest BCUT2D eigenvalue weighted by atomic mass is 15.1. The summed E-state index contributed by atoms with van der Waals surface area (Å²) < 4.78 is 2.27. The van der Waals surface area contributed by atoms with Gasteiger partial charge in [0.15, 0.2) is 0 Å². The van der Waals surface area contributed by atoms with Crippen LogP contribution in [-0.2, 0) is 13.0 Å². The number of benzene rings is 1. The summed E-state index contributed by atoms with van der Waals surface area (Å²) >= 11 is 0. The van der Waals surface area contributed by atoms with Gasteiger partial charge in [0, 0.05) is 12.6 Å². The maximum atomic E-state index is 4.64. The SMILES string of the molecule is CCn1c(C)nc2cc(CCNC3CC3)ccc21. The average molecular weight is 243 g/mol. The molecule has 96 valence electrons. The topological polar surface area (TPSA) is 29.9 Å². The molecule has 0 radical (unpaired) electrons. The lowest BCUT2D eigenvalue weighted by Gasteiger charge is -2.04. The predicted molar refractivity (Wildman–Crippen MR) is 74.9 cm³/mol. The molecule has 1 aliphatic carbocycles. The number of fused-ring (bicyclic) bond motifs is 1. The zero-order chi connectivity index (χ0) is 12.5. The van der Waals surface area contributed by atoms with E-state index < -0.39 is 0 Å². The fourth-order valence-electron chi connectivity index (χ4n) is 2.56. The van der Waals surface area contributed by atoms with Crippen LogP contribution in [0.5, 0.6) is 0 Å². The van der Waals surface area contributed by atoms with Crippen molar-refractivity contribution in [3.63, 3.8) is 0 Å². The van der Waals surface area contributed by atoms with Crippen LogP contribution >= 0.6 is 0 Å². The maximum absolute atomic E-state index is 4.64. The smallest absolute Gasteiger partial charge is 0.106 e. The Morgan fingerprint density at radius 2 is 2.22 bits per heavy atom. The van der Waals surface area contributed by atoms with Crippen LogP contribution in [0, 0.1) is 6.92 Å². The van der Waals surface area contributed by atoms with Crippen LogP contribution in [0.2, 0.25) is 0 Å². The van der Waals surface area contributed by atoms with Crippen molar-refractivity contribution in [2.24, 2.45) is 0 Å². The molecule has 1 saturated carbocycles. The van der Waals surface area contributed by atoms with Gasteiger partial charge in [-0.1, -0.05) is 6.07 Å². The molecule has 1 N–H and O–H groups in total. The molecule has 1 fully saturated rings. The third-order valence-corrected chi connectivity index (χ3v) is 3.74. The van der Waals surface area contributed by atoms with Crippen molar-refractivity contribution in [3.05, 3.63) is 29.6 Å². The van der Waals surface area contributed by atoms with Crippen LogP contribution < -0.4 is 5.32 Å². The summed E-state index contributed by atoms with van der Waals surface area (Å²) in [7, 11) is 0. The monoisotopic (exact) mass is 243 g/mol. The van der Waals surface area contributed by atoms with Gasteiger partial charge in [-0.3, -0.25) is 0 Å². The lowest BCUT2D eigenvalue weighted by molar-refractivity contribution is 0.682. The molecule has 1 aromatic carbocycles. The van der Waals surface area contributed by atoms with Gasteiger partial charge in [0.25, 0.3) is 0 Å². The zero-order valence-electron chi connectivity index (χ0n) is 11.2. The standard InChI is InChI=1S/C15H21N3/c1-3-18-11(2)17-14-10-12(4-7-15(14)18)8-9-16-13-5-6-13/h4,7,10,13,16H,3,5-6,8-9H2,1-2H3. The van der Waals surface area contributed by atoms with Gasteiger partial charge < -0.3 is 9.88 Å². The third-order valence-electron chi connectivity index (χ3n) is 3.74. The van der Waals surface area contributed by atoms with Crippen molar-refractivity contribution in [1.82, 2.24) is 14.9 Å². The van der Waals surface area contributed by atoms with Crippen LogP contribution in [0.4, 0.5) is 0 Å². The van der Waals surface area contributed by atoms with E-state index in [1.54, 1.807) is 0 Å². The molecule has 18 heavy (non-hydrogen) atoms. The normalized spacial score (nSPS) is 15.4. The van der Waals surface area contributed by atoms with Gasteiger partial charge in [0.05, 0.1) is 11.0 Å². The zero-order valence-corrected chi connectivity index (χ0v) is 11.2.